The fourth-order valence-corrected chi connectivity index (χ4v) is 0.996. The molecule has 1 aromatic rings. The Morgan fingerprint density at radius 2 is 2.50 bits per heavy atom. The van der Waals surface area contributed by atoms with Crippen LogP contribution in [0.2, 0.25) is 0 Å². The second-order valence-electron chi connectivity index (χ2n) is 2.05. The van der Waals surface area contributed by atoms with E-state index in [0.717, 1.165) is 0 Å². The van der Waals surface area contributed by atoms with Crippen LogP contribution in [0.1, 0.15) is 12.7 Å². The molecular formula is C6H8N3O2S-. The predicted molar refractivity (Wildman–Crippen MR) is 44.0 cm³/mol. The van der Waals surface area contributed by atoms with Crippen molar-refractivity contribution in [2.24, 2.45) is 0 Å². The third-order valence-electron chi connectivity index (χ3n) is 1.21. The summed E-state index contributed by atoms with van der Waals surface area (Å²) < 4.78 is 22.5. The summed E-state index contributed by atoms with van der Waals surface area (Å²) in [5, 5.41) is 0. The Kier molecular flexibility index (Phi) is 3.12. The summed E-state index contributed by atoms with van der Waals surface area (Å²) in [7, 11) is 0. The number of rotatable bonds is 3. The Morgan fingerprint density at radius 3 is 3.08 bits per heavy atom. The molecule has 0 fully saturated rings. The van der Waals surface area contributed by atoms with E-state index in [4.69, 9.17) is 0 Å². The molecule has 0 aliphatic heterocycles. The van der Waals surface area contributed by atoms with Crippen LogP contribution in [0.5, 0.6) is 0 Å². The molecule has 0 amide bonds. The van der Waals surface area contributed by atoms with Gasteiger partial charge < -0.3 is 9.27 Å². The summed E-state index contributed by atoms with van der Waals surface area (Å²) in [5.41, 5.74) is 0. The van der Waals surface area contributed by atoms with Crippen molar-refractivity contribution in [1.29, 1.82) is 0 Å². The van der Waals surface area contributed by atoms with Gasteiger partial charge in [0.1, 0.15) is 11.6 Å². The van der Waals surface area contributed by atoms with Crippen molar-refractivity contribution >= 4 is 17.1 Å². The fourth-order valence-electron chi connectivity index (χ4n) is 0.712. The van der Waals surface area contributed by atoms with Gasteiger partial charge >= 0.3 is 0 Å². The molecule has 0 spiro atoms. The zero-order valence-corrected chi connectivity index (χ0v) is 7.30. The lowest BCUT2D eigenvalue weighted by molar-refractivity contribution is 0.542. The monoisotopic (exact) mass is 186 g/mol. The third kappa shape index (κ3) is 2.55. The molecule has 1 atom stereocenters. The molecule has 66 valence electrons. The van der Waals surface area contributed by atoms with Crippen molar-refractivity contribution in [3.63, 3.8) is 0 Å². The van der Waals surface area contributed by atoms with Crippen molar-refractivity contribution in [3.05, 3.63) is 18.1 Å². The first-order valence-electron chi connectivity index (χ1n) is 3.40. The molecule has 0 aliphatic carbocycles. The highest BCUT2D eigenvalue weighted by atomic mass is 32.2. The predicted octanol–water partition coefficient (Wildman–Crippen LogP) is 0.245. The molecule has 1 heterocycles. The summed E-state index contributed by atoms with van der Waals surface area (Å²) in [5.74, 6) is 0.917. The Balaban J connectivity index is 2.79. The number of aromatic nitrogens is 2. The Hall–Kier alpha value is -1.01. The Bertz CT molecular complexity index is 292. The summed E-state index contributed by atoms with van der Waals surface area (Å²) in [4.78, 5) is 7.83. The number of nitrogens with one attached hydrogen (secondary N) is 1. The maximum atomic E-state index is 10.2. The minimum atomic E-state index is -2.32. The third-order valence-corrected chi connectivity index (χ3v) is 1.59. The minimum Gasteiger partial charge on any atom is -0.755 e. The van der Waals surface area contributed by atoms with Crippen molar-refractivity contribution in [2.75, 3.05) is 4.72 Å². The zero-order valence-electron chi connectivity index (χ0n) is 6.48. The van der Waals surface area contributed by atoms with Crippen LogP contribution in [0.15, 0.2) is 12.3 Å². The van der Waals surface area contributed by atoms with Gasteiger partial charge in [0.25, 0.3) is 0 Å². The summed E-state index contributed by atoms with van der Waals surface area (Å²) in [6.45, 7) is 1.90. The molecule has 0 bridgehead atoms. The maximum absolute atomic E-state index is 10.2. The van der Waals surface area contributed by atoms with Crippen LogP contribution >= 0.6 is 0 Å². The van der Waals surface area contributed by atoms with Gasteiger partial charge in [-0.2, -0.15) is 0 Å². The van der Waals surface area contributed by atoms with Crippen molar-refractivity contribution < 1.29 is 8.76 Å². The van der Waals surface area contributed by atoms with E-state index >= 15 is 0 Å². The summed E-state index contributed by atoms with van der Waals surface area (Å²) in [6.07, 6.45) is 2.20. The lowest BCUT2D eigenvalue weighted by Crippen LogP contribution is -2.05. The highest BCUT2D eigenvalue weighted by molar-refractivity contribution is 7.80. The standard InChI is InChI=1S/C6H9N3O2S/c1-2-5-7-4-3-6(8-5)9-12(10)11/h3-4H,2H2,1H3,(H,10,11)(H,7,8,9)/p-1. The van der Waals surface area contributed by atoms with Crippen LogP contribution < -0.4 is 4.72 Å². The van der Waals surface area contributed by atoms with Crippen molar-refractivity contribution in [2.45, 2.75) is 13.3 Å². The largest absolute Gasteiger partial charge is 0.755 e. The maximum Gasteiger partial charge on any atom is 0.140 e. The average Bonchev–Trinajstić information content (AvgIpc) is 2.03. The van der Waals surface area contributed by atoms with Gasteiger partial charge in [-0.1, -0.05) is 6.92 Å². The topological polar surface area (TPSA) is 77.9 Å². The molecule has 1 aromatic heterocycles. The van der Waals surface area contributed by atoms with E-state index in [0.29, 0.717) is 18.1 Å². The van der Waals surface area contributed by atoms with Crippen LogP contribution in [-0.4, -0.2) is 18.7 Å². The van der Waals surface area contributed by atoms with Crippen LogP contribution in [-0.2, 0) is 17.7 Å². The molecule has 0 aromatic carbocycles. The zero-order chi connectivity index (χ0) is 8.97. The second-order valence-corrected chi connectivity index (χ2v) is 2.72. The van der Waals surface area contributed by atoms with Gasteiger partial charge in [-0.3, -0.25) is 4.21 Å². The Morgan fingerprint density at radius 1 is 1.75 bits per heavy atom. The SMILES string of the molecule is CCc1nccc(NS(=O)[O-])n1. The molecule has 0 saturated heterocycles. The lowest BCUT2D eigenvalue weighted by atomic mass is 10.4. The molecule has 0 saturated carbocycles. The summed E-state index contributed by atoms with van der Waals surface area (Å²) in [6, 6.07) is 1.50. The van der Waals surface area contributed by atoms with E-state index in [1.54, 1.807) is 0 Å². The smallest absolute Gasteiger partial charge is 0.140 e. The molecule has 0 aliphatic rings. The first-order chi connectivity index (χ1) is 5.72. The molecule has 0 radical (unpaired) electrons. The number of aryl methyl sites for hydroxylation is 1. The van der Waals surface area contributed by atoms with Crippen LogP contribution in [0.3, 0.4) is 0 Å². The van der Waals surface area contributed by atoms with Crippen molar-refractivity contribution in [3.8, 4) is 0 Å². The number of hydrogen-bond acceptors (Lipinski definition) is 4. The molecule has 1 rings (SSSR count). The van der Waals surface area contributed by atoms with E-state index in [1.807, 2.05) is 6.92 Å². The first kappa shape index (κ1) is 9.08. The van der Waals surface area contributed by atoms with Crippen molar-refractivity contribution in [1.82, 2.24) is 9.97 Å². The van der Waals surface area contributed by atoms with Gasteiger partial charge in [-0.15, -0.1) is 0 Å². The summed E-state index contributed by atoms with van der Waals surface area (Å²) >= 11 is -2.32. The molecule has 1 N–H and O–H groups in total. The minimum absolute atomic E-state index is 0.301. The van der Waals surface area contributed by atoms with Gasteiger partial charge in [0.05, 0.1) is 0 Å². The fraction of sp³-hybridized carbons (Fsp3) is 0.333. The highest BCUT2D eigenvalue weighted by Crippen LogP contribution is 2.02. The average molecular weight is 186 g/mol. The van der Waals surface area contributed by atoms with Gasteiger partial charge in [0.2, 0.25) is 0 Å². The van der Waals surface area contributed by atoms with E-state index in [-0.39, 0.29) is 0 Å². The number of anilines is 1. The lowest BCUT2D eigenvalue weighted by Gasteiger charge is -2.07. The highest BCUT2D eigenvalue weighted by Gasteiger charge is 1.95. The van der Waals surface area contributed by atoms with Crippen LogP contribution in [0, 0.1) is 0 Å². The normalized spacial score (nSPS) is 12.5. The second kappa shape index (κ2) is 4.13. The van der Waals surface area contributed by atoms with E-state index in [1.165, 1.54) is 12.3 Å². The molecule has 6 heteroatoms. The van der Waals surface area contributed by atoms with E-state index < -0.39 is 11.3 Å². The van der Waals surface area contributed by atoms with E-state index in [2.05, 4.69) is 14.7 Å². The van der Waals surface area contributed by atoms with Gasteiger partial charge in [0, 0.05) is 23.9 Å². The number of hydrogen-bond donors (Lipinski definition) is 1. The van der Waals surface area contributed by atoms with Gasteiger partial charge in [-0.05, 0) is 6.07 Å². The van der Waals surface area contributed by atoms with Crippen LogP contribution in [0.4, 0.5) is 5.82 Å². The number of nitrogens with zero attached hydrogens (tertiary/aromatic N) is 2. The molecule has 5 nitrogen and oxygen atoms in total. The van der Waals surface area contributed by atoms with Gasteiger partial charge in [-0.25, -0.2) is 9.97 Å². The first-order valence-corrected chi connectivity index (χ1v) is 4.47. The van der Waals surface area contributed by atoms with Crippen LogP contribution in [0.25, 0.3) is 0 Å². The van der Waals surface area contributed by atoms with E-state index in [9.17, 15) is 8.76 Å². The molecule has 12 heavy (non-hydrogen) atoms. The quantitative estimate of drug-likeness (QED) is 0.686. The molecule has 1 unspecified atom stereocenters. The van der Waals surface area contributed by atoms with Gasteiger partial charge in [0.15, 0.2) is 0 Å². The Labute approximate surface area is 72.7 Å². The molecular weight excluding hydrogens is 178 g/mol.